The zero-order chi connectivity index (χ0) is 7.84. The zero-order valence-electron chi connectivity index (χ0n) is 6.16. The molecule has 0 atom stereocenters. The van der Waals surface area contributed by atoms with Gasteiger partial charge in [0, 0.05) is 11.1 Å². The molecule has 0 unspecified atom stereocenters. The van der Waals surface area contributed by atoms with E-state index in [2.05, 4.69) is 11.1 Å². The largest absolute Gasteiger partial charge is 0.396 e. The molecule has 0 aromatic carbocycles. The third-order valence-electron chi connectivity index (χ3n) is 1.71. The van der Waals surface area contributed by atoms with Crippen LogP contribution in [0.1, 0.15) is 5.69 Å². The summed E-state index contributed by atoms with van der Waals surface area (Å²) in [7, 11) is 0. The van der Waals surface area contributed by atoms with Gasteiger partial charge in [-0.25, -0.2) is 0 Å². The van der Waals surface area contributed by atoms with Crippen molar-refractivity contribution in [3.8, 4) is 0 Å². The molecule has 2 N–H and O–H groups in total. The number of aromatic nitrogens is 1. The Bertz CT molecular complexity index is 356. The van der Waals surface area contributed by atoms with Crippen LogP contribution in [0, 0.1) is 6.92 Å². The van der Waals surface area contributed by atoms with E-state index in [1.165, 1.54) is 5.39 Å². The summed E-state index contributed by atoms with van der Waals surface area (Å²) in [5.74, 6) is 0. The second kappa shape index (κ2) is 2.20. The van der Waals surface area contributed by atoms with Gasteiger partial charge >= 0.3 is 0 Å². The second-order valence-electron chi connectivity index (χ2n) is 2.46. The Morgan fingerprint density at radius 2 is 2.36 bits per heavy atom. The number of nitrogen functional groups attached to an aromatic ring is 1. The molecule has 0 fully saturated rings. The number of thiophene rings is 1. The molecule has 0 aliphatic carbocycles. The summed E-state index contributed by atoms with van der Waals surface area (Å²) in [6, 6.07) is 2.05. The molecule has 2 nitrogen and oxygen atoms in total. The number of nitrogens with two attached hydrogens (primary N) is 1. The molecule has 2 rings (SSSR count). The van der Waals surface area contributed by atoms with Crippen molar-refractivity contribution in [2.45, 2.75) is 6.92 Å². The van der Waals surface area contributed by atoms with Crippen LogP contribution in [0.2, 0.25) is 0 Å². The van der Waals surface area contributed by atoms with Gasteiger partial charge in [-0.1, -0.05) is 0 Å². The van der Waals surface area contributed by atoms with Gasteiger partial charge in [-0.3, -0.25) is 4.98 Å². The molecular weight excluding hydrogens is 156 g/mol. The molecule has 0 aliphatic rings. The van der Waals surface area contributed by atoms with Crippen molar-refractivity contribution in [2.24, 2.45) is 0 Å². The van der Waals surface area contributed by atoms with Crippen LogP contribution in [0.5, 0.6) is 0 Å². The maximum atomic E-state index is 5.72. The van der Waals surface area contributed by atoms with Crippen molar-refractivity contribution in [3.63, 3.8) is 0 Å². The van der Waals surface area contributed by atoms with E-state index in [-0.39, 0.29) is 0 Å². The predicted octanol–water partition coefficient (Wildman–Crippen LogP) is 2.19. The van der Waals surface area contributed by atoms with Crippen molar-refractivity contribution in [3.05, 3.63) is 23.3 Å². The topological polar surface area (TPSA) is 38.9 Å². The predicted molar refractivity (Wildman–Crippen MR) is 48.8 cm³/mol. The molecule has 2 aromatic heterocycles. The van der Waals surface area contributed by atoms with E-state index in [4.69, 9.17) is 5.73 Å². The molecular formula is C8H8N2S. The lowest BCUT2D eigenvalue weighted by Crippen LogP contribution is -1.88. The van der Waals surface area contributed by atoms with Crippen molar-refractivity contribution in [1.29, 1.82) is 0 Å². The summed E-state index contributed by atoms with van der Waals surface area (Å²) in [6.45, 7) is 1.99. The first-order valence-electron chi connectivity index (χ1n) is 3.37. The van der Waals surface area contributed by atoms with Crippen LogP contribution in [0.15, 0.2) is 17.6 Å². The highest BCUT2D eigenvalue weighted by Gasteiger charge is 2.01. The van der Waals surface area contributed by atoms with E-state index in [0.29, 0.717) is 0 Å². The first kappa shape index (κ1) is 6.61. The zero-order valence-corrected chi connectivity index (χ0v) is 6.98. The number of hydrogen-bond acceptors (Lipinski definition) is 3. The number of rotatable bonds is 0. The number of pyridine rings is 1. The average Bonchev–Trinajstić information content (AvgIpc) is 2.45. The first-order chi connectivity index (χ1) is 5.29. The maximum Gasteiger partial charge on any atom is 0.0682 e. The lowest BCUT2D eigenvalue weighted by atomic mass is 10.2. The fraction of sp³-hybridized carbons (Fsp3) is 0.125. The fourth-order valence-corrected chi connectivity index (χ4v) is 1.98. The molecule has 2 aromatic rings. The summed E-state index contributed by atoms with van der Waals surface area (Å²) in [5.41, 5.74) is 7.55. The van der Waals surface area contributed by atoms with Crippen LogP contribution in [-0.2, 0) is 0 Å². The third-order valence-corrected chi connectivity index (χ3v) is 2.68. The molecule has 0 spiro atoms. The van der Waals surface area contributed by atoms with E-state index < -0.39 is 0 Å². The Hall–Kier alpha value is -1.09. The highest BCUT2D eigenvalue weighted by molar-refractivity contribution is 7.17. The van der Waals surface area contributed by atoms with Gasteiger partial charge in [0.25, 0.3) is 0 Å². The van der Waals surface area contributed by atoms with Crippen LogP contribution in [-0.4, -0.2) is 4.98 Å². The summed E-state index contributed by atoms with van der Waals surface area (Å²) >= 11 is 1.66. The fourth-order valence-electron chi connectivity index (χ4n) is 1.11. The van der Waals surface area contributed by atoms with E-state index >= 15 is 0 Å². The van der Waals surface area contributed by atoms with E-state index in [1.54, 1.807) is 17.5 Å². The minimum Gasteiger partial charge on any atom is -0.396 e. The number of hydrogen-bond donors (Lipinski definition) is 1. The Kier molecular flexibility index (Phi) is 1.32. The summed E-state index contributed by atoms with van der Waals surface area (Å²) in [4.78, 5) is 4.16. The highest BCUT2D eigenvalue weighted by atomic mass is 32.1. The molecule has 0 bridgehead atoms. The molecule has 0 saturated heterocycles. The Morgan fingerprint density at radius 1 is 1.55 bits per heavy atom. The number of nitrogens with zero attached hydrogens (tertiary/aromatic N) is 1. The molecule has 0 amide bonds. The molecule has 56 valence electrons. The van der Waals surface area contributed by atoms with Crippen LogP contribution in [0.25, 0.3) is 10.1 Å². The Balaban J connectivity index is 2.96. The summed E-state index contributed by atoms with van der Waals surface area (Å²) in [6.07, 6.45) is 1.72. The maximum absolute atomic E-state index is 5.72. The highest BCUT2D eigenvalue weighted by Crippen LogP contribution is 2.27. The minimum atomic E-state index is 0.778. The van der Waals surface area contributed by atoms with Gasteiger partial charge in [0.2, 0.25) is 0 Å². The normalized spacial score (nSPS) is 10.6. The monoisotopic (exact) mass is 164 g/mol. The molecule has 2 heterocycles. The van der Waals surface area contributed by atoms with E-state index in [9.17, 15) is 0 Å². The van der Waals surface area contributed by atoms with Gasteiger partial charge in [0.1, 0.15) is 0 Å². The second-order valence-corrected chi connectivity index (χ2v) is 3.38. The SMILES string of the molecule is Cc1ncc(N)c2sccc12. The van der Waals surface area contributed by atoms with Crippen LogP contribution in [0.4, 0.5) is 5.69 Å². The first-order valence-corrected chi connectivity index (χ1v) is 4.25. The Labute approximate surface area is 68.7 Å². The van der Waals surface area contributed by atoms with Gasteiger partial charge in [0.15, 0.2) is 0 Å². The number of aryl methyl sites for hydroxylation is 1. The van der Waals surface area contributed by atoms with Gasteiger partial charge in [-0.05, 0) is 18.4 Å². The molecule has 11 heavy (non-hydrogen) atoms. The van der Waals surface area contributed by atoms with Gasteiger partial charge in [-0.2, -0.15) is 0 Å². The molecule has 0 radical (unpaired) electrons. The smallest absolute Gasteiger partial charge is 0.0682 e. The van der Waals surface area contributed by atoms with Crippen LogP contribution in [0.3, 0.4) is 0 Å². The van der Waals surface area contributed by atoms with Gasteiger partial charge < -0.3 is 5.73 Å². The van der Waals surface area contributed by atoms with Crippen molar-refractivity contribution in [1.82, 2.24) is 4.98 Å². The number of fused-ring (bicyclic) bond motifs is 1. The Morgan fingerprint density at radius 3 is 3.09 bits per heavy atom. The summed E-state index contributed by atoms with van der Waals surface area (Å²) < 4.78 is 1.15. The lowest BCUT2D eigenvalue weighted by molar-refractivity contribution is 1.24. The van der Waals surface area contributed by atoms with E-state index in [0.717, 1.165) is 16.1 Å². The average molecular weight is 164 g/mol. The van der Waals surface area contributed by atoms with Crippen molar-refractivity contribution >= 4 is 27.1 Å². The molecule has 3 heteroatoms. The minimum absolute atomic E-state index is 0.778. The lowest BCUT2D eigenvalue weighted by Gasteiger charge is -1.96. The van der Waals surface area contributed by atoms with Gasteiger partial charge in [0.05, 0.1) is 16.6 Å². The van der Waals surface area contributed by atoms with Crippen LogP contribution >= 0.6 is 11.3 Å². The van der Waals surface area contributed by atoms with Crippen molar-refractivity contribution < 1.29 is 0 Å². The molecule has 0 aliphatic heterocycles. The summed E-state index contributed by atoms with van der Waals surface area (Å²) in [5, 5.41) is 3.21. The van der Waals surface area contributed by atoms with Crippen molar-refractivity contribution in [2.75, 3.05) is 5.73 Å². The number of anilines is 1. The van der Waals surface area contributed by atoms with Gasteiger partial charge in [-0.15, -0.1) is 11.3 Å². The third kappa shape index (κ3) is 0.886. The van der Waals surface area contributed by atoms with E-state index in [1.807, 2.05) is 12.3 Å². The molecule has 0 saturated carbocycles. The quantitative estimate of drug-likeness (QED) is 0.648. The standard InChI is InChI=1S/C8H8N2S/c1-5-6-2-3-11-8(6)7(9)4-10-5/h2-4H,9H2,1H3. The van der Waals surface area contributed by atoms with Crippen LogP contribution < -0.4 is 5.73 Å².